The molecule has 69 heavy (non-hydrogen) atoms. The summed E-state index contributed by atoms with van der Waals surface area (Å²) >= 11 is 0. The summed E-state index contributed by atoms with van der Waals surface area (Å²) < 4.78 is 0. The summed E-state index contributed by atoms with van der Waals surface area (Å²) in [5.74, 6) is 0. The number of para-hydroxylation sites is 8. The lowest BCUT2D eigenvalue weighted by Gasteiger charge is -2.47. The van der Waals surface area contributed by atoms with Gasteiger partial charge in [-0.05, 0) is 106 Å². The standard InChI is InChI=1S/C33H32N2Si.C30H21BN2/c1-36(2,3)33-29(27-19-10-12-23-31(27)34-25-15-6-4-7-16-25)21-14-22-30(33)28-20-11-13-24-32(28)35-26-17-8-5-9-18-26;1-3-12-22(13-4-1)32-28-20-9-7-16-24(28)26-18-11-19-27-25-17-8-10-21-29(25)33(31(32)30(26)27)23-14-5-2-6-15-23/h4-24,34-35H,1-3H3;1-21H. The summed E-state index contributed by atoms with van der Waals surface area (Å²) in [6.45, 7) is 7.33. The second-order valence-corrected chi connectivity index (χ2v) is 23.6. The minimum Gasteiger partial charge on any atom is -0.361 e. The van der Waals surface area contributed by atoms with Crippen LogP contribution in [-0.2, 0) is 0 Å². The van der Waals surface area contributed by atoms with Crippen LogP contribution in [0, 0.1) is 0 Å². The van der Waals surface area contributed by atoms with Crippen LogP contribution in [0.15, 0.2) is 255 Å². The number of hydrogen-bond acceptors (Lipinski definition) is 4. The normalized spacial score (nSPS) is 12.2. The Hall–Kier alpha value is -8.32. The molecule has 0 atom stereocenters. The van der Waals surface area contributed by atoms with Crippen molar-refractivity contribution in [1.29, 1.82) is 0 Å². The second-order valence-electron chi connectivity index (χ2n) is 18.6. The number of benzene rings is 10. The van der Waals surface area contributed by atoms with E-state index >= 15 is 0 Å². The van der Waals surface area contributed by atoms with Gasteiger partial charge in [0, 0.05) is 67.8 Å². The molecule has 2 aliphatic rings. The lowest BCUT2D eigenvalue weighted by atomic mass is 9.53. The highest BCUT2D eigenvalue weighted by Crippen LogP contribution is 2.48. The third kappa shape index (κ3) is 8.41. The van der Waals surface area contributed by atoms with Gasteiger partial charge in [0.05, 0.1) is 8.07 Å². The van der Waals surface area contributed by atoms with E-state index in [4.69, 9.17) is 0 Å². The topological polar surface area (TPSA) is 30.5 Å². The maximum absolute atomic E-state index is 3.66. The van der Waals surface area contributed by atoms with Crippen LogP contribution >= 0.6 is 0 Å². The molecule has 0 amide bonds. The van der Waals surface area contributed by atoms with Crippen LogP contribution in [-0.4, -0.2) is 15.1 Å². The molecule has 0 unspecified atom stereocenters. The van der Waals surface area contributed by atoms with Crippen molar-refractivity contribution in [3.8, 4) is 44.5 Å². The predicted molar refractivity (Wildman–Crippen MR) is 300 cm³/mol. The van der Waals surface area contributed by atoms with Gasteiger partial charge in [-0.1, -0.05) is 202 Å². The fourth-order valence-electron chi connectivity index (χ4n) is 10.3. The van der Waals surface area contributed by atoms with Crippen LogP contribution in [0.4, 0.5) is 45.5 Å². The first-order chi connectivity index (χ1) is 33.9. The van der Waals surface area contributed by atoms with Crippen molar-refractivity contribution < 1.29 is 0 Å². The van der Waals surface area contributed by atoms with E-state index in [9.17, 15) is 0 Å². The average Bonchev–Trinajstić information content (AvgIpc) is 3.40. The number of rotatable bonds is 9. The Labute approximate surface area is 408 Å². The maximum atomic E-state index is 3.66. The highest BCUT2D eigenvalue weighted by molar-refractivity contribution is 6.91. The molecule has 0 radical (unpaired) electrons. The highest BCUT2D eigenvalue weighted by Gasteiger charge is 2.46. The van der Waals surface area contributed by atoms with Crippen molar-refractivity contribution >= 4 is 71.2 Å². The molecule has 0 saturated heterocycles. The molecule has 10 aromatic rings. The Balaban J connectivity index is 0.000000151. The molecular formula is C63H53BN4Si. The third-order valence-corrected chi connectivity index (χ3v) is 15.2. The van der Waals surface area contributed by atoms with E-state index in [-0.39, 0.29) is 6.98 Å². The average molecular weight is 905 g/mol. The smallest absolute Gasteiger partial charge is 0.361 e. The van der Waals surface area contributed by atoms with E-state index in [0.29, 0.717) is 0 Å². The molecule has 6 heteroatoms. The molecule has 10 aromatic carbocycles. The Morgan fingerprint density at radius 1 is 0.304 bits per heavy atom. The molecule has 2 N–H and O–H groups in total. The fraction of sp³-hybridized carbons (Fsp3) is 0.0476. The quantitative estimate of drug-likeness (QED) is 0.141. The summed E-state index contributed by atoms with van der Waals surface area (Å²) in [5.41, 5.74) is 20.9. The third-order valence-electron chi connectivity index (χ3n) is 13.2. The summed E-state index contributed by atoms with van der Waals surface area (Å²) in [6.07, 6.45) is 0. The number of fused-ring (bicyclic) bond motifs is 4. The van der Waals surface area contributed by atoms with E-state index < -0.39 is 8.07 Å². The second kappa shape index (κ2) is 18.8. The summed E-state index contributed by atoms with van der Waals surface area (Å²) in [4.78, 5) is 5.01. The number of nitrogens with zero attached hydrogens (tertiary/aromatic N) is 2. The van der Waals surface area contributed by atoms with Gasteiger partial charge in [-0.15, -0.1) is 0 Å². The first kappa shape index (κ1) is 43.3. The molecule has 2 heterocycles. The van der Waals surface area contributed by atoms with Gasteiger partial charge in [0.15, 0.2) is 0 Å². The minimum absolute atomic E-state index is 0.00537. The Bertz CT molecular complexity index is 3180. The molecule has 2 aliphatic heterocycles. The maximum Gasteiger partial charge on any atom is 0.421 e. The number of nitrogens with one attached hydrogen (secondary N) is 2. The van der Waals surface area contributed by atoms with E-state index in [2.05, 4.69) is 283 Å². The van der Waals surface area contributed by atoms with Crippen molar-refractivity contribution in [2.24, 2.45) is 0 Å². The summed E-state index contributed by atoms with van der Waals surface area (Å²) in [5, 5.41) is 8.78. The van der Waals surface area contributed by atoms with Gasteiger partial charge < -0.3 is 20.3 Å². The Morgan fingerprint density at radius 2 is 0.623 bits per heavy atom. The molecule has 12 rings (SSSR count). The monoisotopic (exact) mass is 904 g/mol. The van der Waals surface area contributed by atoms with Crippen molar-refractivity contribution in [2.45, 2.75) is 19.6 Å². The molecule has 0 aliphatic carbocycles. The van der Waals surface area contributed by atoms with Gasteiger partial charge in [-0.2, -0.15) is 0 Å². The van der Waals surface area contributed by atoms with E-state index in [1.54, 1.807) is 0 Å². The van der Waals surface area contributed by atoms with Crippen molar-refractivity contribution in [3.05, 3.63) is 255 Å². The zero-order valence-corrected chi connectivity index (χ0v) is 40.2. The minimum atomic E-state index is -1.77. The van der Waals surface area contributed by atoms with Gasteiger partial charge in [-0.3, -0.25) is 0 Å². The number of hydrogen-bond donors (Lipinski definition) is 2. The molecule has 0 fully saturated rings. The molecule has 0 spiro atoms. The summed E-state index contributed by atoms with van der Waals surface area (Å²) in [6, 6.07) is 90.8. The van der Waals surface area contributed by atoms with Crippen LogP contribution < -0.4 is 30.9 Å². The Kier molecular flexibility index (Phi) is 11.8. The SMILES string of the molecule is C[Si](C)(C)c1c(-c2ccccc2Nc2ccccc2)cccc1-c1ccccc1Nc1ccccc1.c1ccc(N2B3c4c(cccc4-c4ccccc4N3c3ccccc3)-c3ccccc32)cc1. The van der Waals surface area contributed by atoms with Crippen molar-refractivity contribution in [2.75, 3.05) is 20.3 Å². The van der Waals surface area contributed by atoms with E-state index in [1.807, 2.05) is 12.1 Å². The molecular weight excluding hydrogens is 852 g/mol. The first-order valence-electron chi connectivity index (χ1n) is 23.9. The van der Waals surface area contributed by atoms with Crippen molar-refractivity contribution in [3.63, 3.8) is 0 Å². The molecule has 0 aromatic heterocycles. The summed E-state index contributed by atoms with van der Waals surface area (Å²) in [7, 11) is -1.77. The lowest BCUT2D eigenvalue weighted by molar-refractivity contribution is 1.26. The van der Waals surface area contributed by atoms with Gasteiger partial charge in [-0.25, -0.2) is 0 Å². The number of anilines is 8. The van der Waals surface area contributed by atoms with Crippen molar-refractivity contribution in [1.82, 2.24) is 0 Å². The van der Waals surface area contributed by atoms with Crippen LogP contribution in [0.3, 0.4) is 0 Å². The van der Waals surface area contributed by atoms with Crippen LogP contribution in [0.5, 0.6) is 0 Å². The molecule has 0 bridgehead atoms. The zero-order chi connectivity index (χ0) is 46.7. The van der Waals surface area contributed by atoms with Gasteiger partial charge in [0.1, 0.15) is 0 Å². The molecule has 4 nitrogen and oxygen atoms in total. The fourth-order valence-corrected chi connectivity index (χ4v) is 12.4. The Morgan fingerprint density at radius 3 is 1.03 bits per heavy atom. The zero-order valence-electron chi connectivity index (χ0n) is 39.2. The van der Waals surface area contributed by atoms with Gasteiger partial charge >= 0.3 is 6.98 Å². The van der Waals surface area contributed by atoms with Crippen LogP contribution in [0.25, 0.3) is 44.5 Å². The molecule has 332 valence electrons. The molecule has 0 saturated carbocycles. The van der Waals surface area contributed by atoms with Gasteiger partial charge in [0.25, 0.3) is 0 Å². The first-order valence-corrected chi connectivity index (χ1v) is 27.4. The van der Waals surface area contributed by atoms with Crippen LogP contribution in [0.1, 0.15) is 0 Å². The lowest BCUT2D eigenvalue weighted by Crippen LogP contribution is -2.61. The van der Waals surface area contributed by atoms with E-state index in [0.717, 1.165) is 22.7 Å². The predicted octanol–water partition coefficient (Wildman–Crippen LogP) is 16.1. The van der Waals surface area contributed by atoms with E-state index in [1.165, 1.54) is 77.9 Å². The largest absolute Gasteiger partial charge is 0.421 e. The van der Waals surface area contributed by atoms with Crippen LogP contribution in [0.2, 0.25) is 19.6 Å². The highest BCUT2D eigenvalue weighted by atomic mass is 28.3. The van der Waals surface area contributed by atoms with Gasteiger partial charge in [0.2, 0.25) is 0 Å².